The third-order valence-electron chi connectivity index (χ3n) is 6.10. The molecule has 2 aliphatic heterocycles. The van der Waals surface area contributed by atoms with E-state index in [2.05, 4.69) is 10.6 Å². The molecule has 150 valence electrons. The van der Waals surface area contributed by atoms with E-state index in [-0.39, 0.29) is 48.1 Å². The molecule has 2 N–H and O–H groups in total. The second kappa shape index (κ2) is 7.37. The van der Waals surface area contributed by atoms with Gasteiger partial charge in [0.15, 0.2) is 0 Å². The van der Waals surface area contributed by atoms with Crippen molar-refractivity contribution in [1.82, 2.24) is 10.6 Å². The maximum atomic E-state index is 12.7. The number of ether oxygens (including phenoxy) is 3. The van der Waals surface area contributed by atoms with Gasteiger partial charge in [0, 0.05) is 11.5 Å². The molecule has 2 saturated carbocycles. The summed E-state index contributed by atoms with van der Waals surface area (Å²) < 4.78 is 17.6. The van der Waals surface area contributed by atoms with Crippen molar-refractivity contribution in [2.24, 2.45) is 5.92 Å². The summed E-state index contributed by atoms with van der Waals surface area (Å²) in [5, 5.41) is 6.06. The molecular formula is C21H26N2O5. The molecule has 0 aromatic heterocycles. The molecular weight excluding hydrogens is 360 g/mol. The van der Waals surface area contributed by atoms with Gasteiger partial charge in [-0.15, -0.1) is 0 Å². The Morgan fingerprint density at radius 2 is 1.68 bits per heavy atom. The van der Waals surface area contributed by atoms with Crippen LogP contribution >= 0.6 is 0 Å². The zero-order valence-electron chi connectivity index (χ0n) is 15.8. The molecule has 7 heteroatoms. The Morgan fingerprint density at radius 1 is 0.964 bits per heavy atom. The Balaban J connectivity index is 1.18. The highest BCUT2D eigenvalue weighted by Crippen LogP contribution is 2.32. The van der Waals surface area contributed by atoms with E-state index in [4.69, 9.17) is 14.2 Å². The van der Waals surface area contributed by atoms with Crippen molar-refractivity contribution in [3.63, 3.8) is 0 Å². The van der Waals surface area contributed by atoms with Gasteiger partial charge >= 0.3 is 0 Å². The molecule has 28 heavy (non-hydrogen) atoms. The van der Waals surface area contributed by atoms with Gasteiger partial charge in [0.2, 0.25) is 5.91 Å². The standard InChI is InChI=1S/C21H26N2O5/c24-20(12-7-8-12)22-16-10-26-19-17(11-27-18(16)19)23-21(25)13-3-1-6-15(9-13)28-14-4-2-5-14/h1,3,6,9,12,14,16-19H,2,4-5,7-8,10-11H2,(H,22,24)(H,23,25)/t16-,17-,18+,19+/m0/s1. The van der Waals surface area contributed by atoms with Crippen LogP contribution in [-0.2, 0) is 14.3 Å². The summed E-state index contributed by atoms with van der Waals surface area (Å²) in [5.74, 6) is 0.819. The molecule has 2 aliphatic carbocycles. The molecule has 7 nitrogen and oxygen atoms in total. The Bertz CT molecular complexity index is 761. The fourth-order valence-electron chi connectivity index (χ4n) is 4.04. The van der Waals surface area contributed by atoms with Crippen LogP contribution in [0.5, 0.6) is 5.75 Å². The quantitative estimate of drug-likeness (QED) is 0.772. The van der Waals surface area contributed by atoms with Crippen molar-refractivity contribution in [3.05, 3.63) is 29.8 Å². The van der Waals surface area contributed by atoms with Crippen LogP contribution in [0.4, 0.5) is 0 Å². The fourth-order valence-corrected chi connectivity index (χ4v) is 4.04. The van der Waals surface area contributed by atoms with E-state index in [1.165, 1.54) is 6.42 Å². The molecule has 4 aliphatic rings. The van der Waals surface area contributed by atoms with Crippen LogP contribution in [-0.4, -0.2) is 55.4 Å². The summed E-state index contributed by atoms with van der Waals surface area (Å²) in [6, 6.07) is 6.93. The molecule has 2 heterocycles. The van der Waals surface area contributed by atoms with Crippen LogP contribution in [0.15, 0.2) is 24.3 Å². The summed E-state index contributed by atoms with van der Waals surface area (Å²) in [4.78, 5) is 24.7. The molecule has 0 radical (unpaired) electrons. The SMILES string of the molecule is O=C(N[C@H]1CO[C@H]2[C@@H]1OC[C@@H]2NC(=O)C1CC1)c1cccc(OC2CCC2)c1. The lowest BCUT2D eigenvalue weighted by atomic mass is 9.96. The zero-order valence-corrected chi connectivity index (χ0v) is 15.8. The molecule has 0 bridgehead atoms. The Hall–Kier alpha value is -2.12. The molecule has 0 spiro atoms. The van der Waals surface area contributed by atoms with Gasteiger partial charge in [0.1, 0.15) is 18.0 Å². The second-order valence-electron chi connectivity index (χ2n) is 8.26. The number of hydrogen-bond acceptors (Lipinski definition) is 5. The summed E-state index contributed by atoms with van der Waals surface area (Å²) >= 11 is 0. The fraction of sp³-hybridized carbons (Fsp3) is 0.619. The molecule has 4 fully saturated rings. The second-order valence-corrected chi connectivity index (χ2v) is 8.26. The van der Waals surface area contributed by atoms with E-state index in [0.717, 1.165) is 31.4 Å². The van der Waals surface area contributed by atoms with E-state index in [1.807, 2.05) is 12.1 Å². The highest BCUT2D eigenvalue weighted by atomic mass is 16.6. The van der Waals surface area contributed by atoms with Crippen LogP contribution in [0.1, 0.15) is 42.5 Å². The first-order valence-electron chi connectivity index (χ1n) is 10.3. The molecule has 0 unspecified atom stereocenters. The van der Waals surface area contributed by atoms with E-state index in [1.54, 1.807) is 12.1 Å². The smallest absolute Gasteiger partial charge is 0.251 e. The van der Waals surface area contributed by atoms with Crippen LogP contribution in [0, 0.1) is 5.92 Å². The number of hydrogen-bond donors (Lipinski definition) is 2. The number of nitrogens with one attached hydrogen (secondary N) is 2. The van der Waals surface area contributed by atoms with Crippen molar-refractivity contribution in [1.29, 1.82) is 0 Å². The molecule has 2 amide bonds. The number of carbonyl (C=O) groups excluding carboxylic acids is 2. The van der Waals surface area contributed by atoms with Crippen LogP contribution in [0.3, 0.4) is 0 Å². The van der Waals surface area contributed by atoms with Crippen LogP contribution in [0.2, 0.25) is 0 Å². The zero-order chi connectivity index (χ0) is 19.1. The van der Waals surface area contributed by atoms with E-state index < -0.39 is 0 Å². The molecule has 5 rings (SSSR count). The van der Waals surface area contributed by atoms with Gasteiger partial charge in [-0.3, -0.25) is 9.59 Å². The predicted molar refractivity (Wildman–Crippen MR) is 100 cm³/mol. The lowest BCUT2D eigenvalue weighted by Gasteiger charge is -2.26. The molecule has 1 aromatic carbocycles. The maximum absolute atomic E-state index is 12.7. The average Bonchev–Trinajstić information content (AvgIpc) is 3.34. The van der Waals surface area contributed by atoms with Crippen molar-refractivity contribution in [2.75, 3.05) is 13.2 Å². The van der Waals surface area contributed by atoms with Crippen molar-refractivity contribution >= 4 is 11.8 Å². The Labute approximate surface area is 164 Å². The minimum atomic E-state index is -0.233. The van der Waals surface area contributed by atoms with E-state index in [9.17, 15) is 9.59 Å². The van der Waals surface area contributed by atoms with E-state index >= 15 is 0 Å². The van der Waals surface area contributed by atoms with Gasteiger partial charge in [-0.25, -0.2) is 0 Å². The first kappa shape index (κ1) is 17.9. The Morgan fingerprint density at radius 3 is 2.32 bits per heavy atom. The minimum Gasteiger partial charge on any atom is -0.490 e. The third-order valence-corrected chi connectivity index (χ3v) is 6.10. The van der Waals surface area contributed by atoms with E-state index in [0.29, 0.717) is 18.8 Å². The monoisotopic (exact) mass is 386 g/mol. The topological polar surface area (TPSA) is 85.9 Å². The number of benzene rings is 1. The summed E-state index contributed by atoms with van der Waals surface area (Å²) in [5.41, 5.74) is 0.567. The summed E-state index contributed by atoms with van der Waals surface area (Å²) in [6.07, 6.45) is 5.13. The maximum Gasteiger partial charge on any atom is 0.251 e. The normalized spacial score (nSPS) is 31.7. The number of carbonyl (C=O) groups is 2. The van der Waals surface area contributed by atoms with Gasteiger partial charge < -0.3 is 24.8 Å². The first-order chi connectivity index (χ1) is 13.7. The largest absolute Gasteiger partial charge is 0.490 e. The van der Waals surface area contributed by atoms with Gasteiger partial charge in [0.05, 0.1) is 31.4 Å². The van der Waals surface area contributed by atoms with Crippen LogP contribution in [0.25, 0.3) is 0 Å². The highest BCUT2D eigenvalue weighted by molar-refractivity contribution is 5.94. The van der Waals surface area contributed by atoms with Crippen molar-refractivity contribution in [3.8, 4) is 5.75 Å². The molecule has 1 aromatic rings. The lowest BCUT2D eigenvalue weighted by molar-refractivity contribution is -0.123. The predicted octanol–water partition coefficient (Wildman–Crippen LogP) is 1.41. The van der Waals surface area contributed by atoms with Gasteiger partial charge in [-0.05, 0) is 50.3 Å². The van der Waals surface area contributed by atoms with Gasteiger partial charge in [-0.2, -0.15) is 0 Å². The van der Waals surface area contributed by atoms with Gasteiger partial charge in [0.25, 0.3) is 5.91 Å². The summed E-state index contributed by atoms with van der Waals surface area (Å²) in [6.45, 7) is 0.806. The third kappa shape index (κ3) is 3.61. The van der Waals surface area contributed by atoms with Gasteiger partial charge in [-0.1, -0.05) is 6.07 Å². The number of amides is 2. The Kier molecular flexibility index (Phi) is 4.72. The number of fused-ring (bicyclic) bond motifs is 1. The van der Waals surface area contributed by atoms with Crippen molar-refractivity contribution in [2.45, 2.75) is 62.5 Å². The summed E-state index contributed by atoms with van der Waals surface area (Å²) in [7, 11) is 0. The first-order valence-corrected chi connectivity index (χ1v) is 10.3. The molecule has 4 atom stereocenters. The average molecular weight is 386 g/mol. The van der Waals surface area contributed by atoms with Crippen LogP contribution < -0.4 is 15.4 Å². The molecule has 2 saturated heterocycles. The van der Waals surface area contributed by atoms with Crippen molar-refractivity contribution < 1.29 is 23.8 Å². The number of rotatable bonds is 6. The highest BCUT2D eigenvalue weighted by Gasteiger charge is 2.49. The minimum absolute atomic E-state index is 0.0913. The lowest BCUT2D eigenvalue weighted by Crippen LogP contribution is -2.47.